The number of nitrogens with two attached hydrogens (primary N) is 1. The molecule has 3 heterocycles. The fourth-order valence-corrected chi connectivity index (χ4v) is 3.85. The van der Waals surface area contributed by atoms with Gasteiger partial charge in [-0.2, -0.15) is 18.2 Å². The standard InChI is InChI=1S/C20H22F3N5O2/c1-29-17-8-12(24)2-3-14(17)16-9-15-18(28(16)13-4-6-25-7-5-13)19(27-11-26-15)30-10-20(21,22)23/h2-3,8-9,11,13,25H,4-7,10,24H2,1H3. The van der Waals surface area contributed by atoms with E-state index in [9.17, 15) is 13.2 Å². The highest BCUT2D eigenvalue weighted by Gasteiger charge is 2.31. The number of ether oxygens (including phenoxy) is 2. The number of methoxy groups -OCH3 is 1. The van der Waals surface area contributed by atoms with E-state index >= 15 is 0 Å². The van der Waals surface area contributed by atoms with Crippen molar-refractivity contribution >= 4 is 16.7 Å². The van der Waals surface area contributed by atoms with E-state index in [2.05, 4.69) is 15.3 Å². The van der Waals surface area contributed by atoms with Crippen LogP contribution in [-0.4, -0.2) is 47.5 Å². The van der Waals surface area contributed by atoms with Crippen LogP contribution in [0.25, 0.3) is 22.3 Å². The molecular formula is C20H22F3N5O2. The minimum Gasteiger partial charge on any atom is -0.496 e. The topological polar surface area (TPSA) is 87.2 Å². The molecule has 4 rings (SSSR count). The number of aromatic nitrogens is 3. The van der Waals surface area contributed by atoms with Crippen molar-refractivity contribution < 1.29 is 22.6 Å². The number of piperidine rings is 1. The molecule has 0 bridgehead atoms. The second-order valence-corrected chi connectivity index (χ2v) is 7.16. The first-order valence-electron chi connectivity index (χ1n) is 9.57. The summed E-state index contributed by atoms with van der Waals surface area (Å²) in [6.07, 6.45) is -1.64. The maximum absolute atomic E-state index is 12.8. The van der Waals surface area contributed by atoms with Crippen molar-refractivity contribution in [1.29, 1.82) is 0 Å². The highest BCUT2D eigenvalue weighted by Crippen LogP contribution is 2.40. The van der Waals surface area contributed by atoms with Gasteiger partial charge in [0.2, 0.25) is 5.88 Å². The summed E-state index contributed by atoms with van der Waals surface area (Å²) in [5.41, 5.74) is 8.94. The lowest BCUT2D eigenvalue weighted by Crippen LogP contribution is -2.29. The number of anilines is 1. The Hall–Kier alpha value is -3.01. The second kappa shape index (κ2) is 8.02. The van der Waals surface area contributed by atoms with Crippen LogP contribution in [0.15, 0.2) is 30.6 Å². The molecule has 0 radical (unpaired) electrons. The van der Waals surface area contributed by atoms with E-state index in [1.807, 2.05) is 16.7 Å². The molecule has 3 aromatic rings. The van der Waals surface area contributed by atoms with Gasteiger partial charge in [0.25, 0.3) is 0 Å². The smallest absolute Gasteiger partial charge is 0.422 e. The molecule has 0 atom stereocenters. The summed E-state index contributed by atoms with van der Waals surface area (Å²) in [7, 11) is 1.55. The lowest BCUT2D eigenvalue weighted by molar-refractivity contribution is -0.153. The Labute approximate surface area is 171 Å². The maximum Gasteiger partial charge on any atom is 0.422 e. The van der Waals surface area contributed by atoms with E-state index in [1.54, 1.807) is 19.2 Å². The van der Waals surface area contributed by atoms with Gasteiger partial charge in [0, 0.05) is 23.4 Å². The van der Waals surface area contributed by atoms with Crippen molar-refractivity contribution in [3.63, 3.8) is 0 Å². The number of nitrogen functional groups attached to an aromatic ring is 1. The SMILES string of the molecule is COc1cc(N)ccc1-c1cc2ncnc(OCC(F)(F)F)c2n1C1CCNCC1. The summed E-state index contributed by atoms with van der Waals surface area (Å²) in [4.78, 5) is 8.29. The number of fused-ring (bicyclic) bond motifs is 1. The summed E-state index contributed by atoms with van der Waals surface area (Å²) in [6.45, 7) is 0.182. The Morgan fingerprint density at radius 3 is 2.67 bits per heavy atom. The van der Waals surface area contributed by atoms with Crippen LogP contribution in [0.2, 0.25) is 0 Å². The van der Waals surface area contributed by atoms with E-state index in [0.717, 1.165) is 37.2 Å². The molecule has 1 aliphatic heterocycles. The zero-order valence-corrected chi connectivity index (χ0v) is 16.4. The average Bonchev–Trinajstić information content (AvgIpc) is 3.12. The number of halogens is 3. The monoisotopic (exact) mass is 421 g/mol. The van der Waals surface area contributed by atoms with Crippen LogP contribution in [0.4, 0.5) is 18.9 Å². The molecule has 0 amide bonds. The highest BCUT2D eigenvalue weighted by atomic mass is 19.4. The first-order valence-corrected chi connectivity index (χ1v) is 9.57. The number of hydrogen-bond donors (Lipinski definition) is 2. The third-order valence-electron chi connectivity index (χ3n) is 5.14. The van der Waals surface area contributed by atoms with Crippen molar-refractivity contribution in [2.24, 2.45) is 0 Å². The summed E-state index contributed by atoms with van der Waals surface area (Å²) >= 11 is 0. The quantitative estimate of drug-likeness (QED) is 0.613. The lowest BCUT2D eigenvalue weighted by atomic mass is 10.0. The number of nitrogens with zero attached hydrogens (tertiary/aromatic N) is 3. The maximum atomic E-state index is 12.8. The van der Waals surface area contributed by atoms with Gasteiger partial charge in [0.1, 0.15) is 17.6 Å². The van der Waals surface area contributed by atoms with Crippen molar-refractivity contribution in [3.8, 4) is 22.9 Å². The van der Waals surface area contributed by atoms with E-state index in [1.165, 1.54) is 6.33 Å². The average molecular weight is 421 g/mol. The third kappa shape index (κ3) is 4.00. The Bertz CT molecular complexity index is 1040. The van der Waals surface area contributed by atoms with Crippen LogP contribution < -0.4 is 20.5 Å². The van der Waals surface area contributed by atoms with Crippen LogP contribution in [-0.2, 0) is 0 Å². The number of benzene rings is 1. The molecule has 10 heteroatoms. The molecule has 1 saturated heterocycles. The third-order valence-corrected chi connectivity index (χ3v) is 5.14. The Kier molecular flexibility index (Phi) is 5.42. The number of rotatable bonds is 5. The van der Waals surface area contributed by atoms with Crippen LogP contribution in [0.5, 0.6) is 11.6 Å². The van der Waals surface area contributed by atoms with Gasteiger partial charge in [-0.05, 0) is 44.1 Å². The molecule has 1 aromatic carbocycles. The van der Waals surface area contributed by atoms with Crippen LogP contribution in [0, 0.1) is 0 Å². The predicted octanol–water partition coefficient (Wildman–Crippen LogP) is 3.55. The van der Waals surface area contributed by atoms with Crippen molar-refractivity contribution in [1.82, 2.24) is 19.9 Å². The van der Waals surface area contributed by atoms with Crippen LogP contribution in [0.3, 0.4) is 0 Å². The number of nitrogens with one attached hydrogen (secondary N) is 1. The van der Waals surface area contributed by atoms with Gasteiger partial charge in [0.05, 0.1) is 18.3 Å². The predicted molar refractivity (Wildman–Crippen MR) is 107 cm³/mol. The molecule has 0 aliphatic carbocycles. The molecule has 0 unspecified atom stereocenters. The normalized spacial score (nSPS) is 15.5. The van der Waals surface area contributed by atoms with E-state index in [0.29, 0.717) is 22.5 Å². The lowest BCUT2D eigenvalue weighted by Gasteiger charge is -2.27. The molecule has 3 N–H and O–H groups in total. The summed E-state index contributed by atoms with van der Waals surface area (Å²) in [5.74, 6) is 0.482. The van der Waals surface area contributed by atoms with Crippen molar-refractivity contribution in [3.05, 3.63) is 30.6 Å². The molecule has 7 nitrogen and oxygen atoms in total. The number of hydrogen-bond acceptors (Lipinski definition) is 6. The zero-order chi connectivity index (χ0) is 21.3. The van der Waals surface area contributed by atoms with Gasteiger partial charge in [-0.25, -0.2) is 4.98 Å². The summed E-state index contributed by atoms with van der Waals surface area (Å²) in [5, 5.41) is 3.31. The zero-order valence-electron chi connectivity index (χ0n) is 16.4. The van der Waals surface area contributed by atoms with Gasteiger partial charge in [-0.1, -0.05) is 0 Å². The fraction of sp³-hybridized carbons (Fsp3) is 0.400. The van der Waals surface area contributed by atoms with Gasteiger partial charge in [0.15, 0.2) is 6.61 Å². The molecule has 1 fully saturated rings. The van der Waals surface area contributed by atoms with Crippen molar-refractivity contribution in [2.45, 2.75) is 25.1 Å². The number of alkyl halides is 3. The molecular weight excluding hydrogens is 399 g/mol. The van der Waals surface area contributed by atoms with Crippen LogP contribution >= 0.6 is 0 Å². The molecule has 160 valence electrons. The van der Waals surface area contributed by atoms with Gasteiger partial charge in [-0.3, -0.25) is 0 Å². The van der Waals surface area contributed by atoms with E-state index < -0.39 is 12.8 Å². The second-order valence-electron chi connectivity index (χ2n) is 7.16. The fourth-order valence-electron chi connectivity index (χ4n) is 3.85. The molecule has 1 aliphatic rings. The van der Waals surface area contributed by atoms with Gasteiger partial charge >= 0.3 is 6.18 Å². The van der Waals surface area contributed by atoms with Gasteiger partial charge in [-0.15, -0.1) is 0 Å². The van der Waals surface area contributed by atoms with E-state index in [4.69, 9.17) is 15.2 Å². The van der Waals surface area contributed by atoms with Crippen molar-refractivity contribution in [2.75, 3.05) is 32.5 Å². The minimum atomic E-state index is -4.47. The Morgan fingerprint density at radius 2 is 1.97 bits per heavy atom. The summed E-state index contributed by atoms with van der Waals surface area (Å²) < 4.78 is 51.0. The summed E-state index contributed by atoms with van der Waals surface area (Å²) in [6, 6.07) is 7.18. The largest absolute Gasteiger partial charge is 0.496 e. The minimum absolute atomic E-state index is 0.0419. The van der Waals surface area contributed by atoms with E-state index in [-0.39, 0.29) is 11.9 Å². The first-order chi connectivity index (χ1) is 14.4. The molecule has 0 saturated carbocycles. The Balaban J connectivity index is 1.92. The first kappa shape index (κ1) is 20.3. The van der Waals surface area contributed by atoms with Gasteiger partial charge < -0.3 is 25.1 Å². The molecule has 2 aromatic heterocycles. The molecule has 30 heavy (non-hydrogen) atoms. The highest BCUT2D eigenvalue weighted by molar-refractivity contribution is 5.89. The Morgan fingerprint density at radius 1 is 1.20 bits per heavy atom. The molecule has 0 spiro atoms. The van der Waals surface area contributed by atoms with Crippen LogP contribution in [0.1, 0.15) is 18.9 Å².